The summed E-state index contributed by atoms with van der Waals surface area (Å²) in [5.74, 6) is 2.72. The summed E-state index contributed by atoms with van der Waals surface area (Å²) < 4.78 is 10.1. The Labute approximate surface area is 269 Å². The number of unbranched alkanes of at least 4 members (excludes halogenated alkanes) is 4. The number of hydrogen-bond donors (Lipinski definition) is 3. The molecule has 0 bridgehead atoms. The van der Waals surface area contributed by atoms with Crippen LogP contribution in [0.25, 0.3) is 0 Å². The molecule has 9 heteroatoms. The average molecular weight is 625 g/mol. The number of nitrogens with two attached hydrogens (primary N) is 1. The van der Waals surface area contributed by atoms with E-state index in [1.54, 1.807) is 12.7 Å². The minimum absolute atomic E-state index is 0.0770. The maximum Gasteiger partial charge on any atom is 0.322 e. The first kappa shape index (κ1) is 33.9. The van der Waals surface area contributed by atoms with Crippen molar-refractivity contribution in [1.82, 2.24) is 15.5 Å². The van der Waals surface area contributed by atoms with Gasteiger partial charge in [-0.15, -0.1) is 0 Å². The molecule has 1 aromatic rings. The summed E-state index contributed by atoms with van der Waals surface area (Å²) in [4.78, 5) is 38.1. The maximum atomic E-state index is 12.8. The predicted octanol–water partition coefficient (Wildman–Crippen LogP) is 4.46. The van der Waals surface area contributed by atoms with Gasteiger partial charge < -0.3 is 25.8 Å². The Balaban J connectivity index is 0.960. The summed E-state index contributed by atoms with van der Waals surface area (Å²) >= 11 is 0. The lowest BCUT2D eigenvalue weighted by molar-refractivity contribution is -0.142. The lowest BCUT2D eigenvalue weighted by Crippen LogP contribution is -2.48. The van der Waals surface area contributed by atoms with Crippen molar-refractivity contribution in [2.45, 2.75) is 121 Å². The SMILES string of the molecule is COC(=O)[C@@H](N)CCCCNC1CC(=O)N(CCCCCCNC2CC[C@H]3[C@@H]4CCc5cc(OC)ccc5[C@H]4CC[C@]23C)C1=O. The fraction of sp³-hybridized carbons (Fsp3) is 0.750. The van der Waals surface area contributed by atoms with E-state index in [9.17, 15) is 14.4 Å². The second-order valence-electron chi connectivity index (χ2n) is 14.2. The highest BCUT2D eigenvalue weighted by atomic mass is 16.5. The highest BCUT2D eigenvalue weighted by Gasteiger charge is 2.54. The number of amides is 2. The molecule has 250 valence electrons. The number of carbonyl (C=O) groups excluding carboxylic acids is 3. The van der Waals surface area contributed by atoms with Crippen molar-refractivity contribution in [3.05, 3.63) is 29.3 Å². The number of rotatable bonds is 16. The molecule has 5 rings (SSSR count). The molecular weight excluding hydrogens is 568 g/mol. The molecule has 1 aromatic carbocycles. The molecule has 3 aliphatic carbocycles. The number of carbonyl (C=O) groups is 3. The van der Waals surface area contributed by atoms with Gasteiger partial charge in [0.05, 0.1) is 26.7 Å². The van der Waals surface area contributed by atoms with Gasteiger partial charge in [0.15, 0.2) is 0 Å². The van der Waals surface area contributed by atoms with Crippen LogP contribution in [0.5, 0.6) is 5.75 Å². The molecule has 0 spiro atoms. The number of fused-ring (bicyclic) bond motifs is 5. The smallest absolute Gasteiger partial charge is 0.322 e. The van der Waals surface area contributed by atoms with Crippen LogP contribution < -0.4 is 21.1 Å². The van der Waals surface area contributed by atoms with Gasteiger partial charge in [0.1, 0.15) is 11.8 Å². The maximum absolute atomic E-state index is 12.8. The van der Waals surface area contributed by atoms with E-state index in [1.807, 2.05) is 0 Å². The van der Waals surface area contributed by atoms with Gasteiger partial charge in [0.25, 0.3) is 0 Å². The van der Waals surface area contributed by atoms with E-state index in [4.69, 9.17) is 10.5 Å². The van der Waals surface area contributed by atoms with Crippen molar-refractivity contribution >= 4 is 17.8 Å². The number of likely N-dealkylation sites (tertiary alicyclic amines) is 1. The molecule has 2 amide bonds. The van der Waals surface area contributed by atoms with Crippen molar-refractivity contribution in [1.29, 1.82) is 0 Å². The first-order valence-electron chi connectivity index (χ1n) is 17.6. The van der Waals surface area contributed by atoms with Gasteiger partial charge in [-0.25, -0.2) is 0 Å². The zero-order valence-electron chi connectivity index (χ0n) is 27.8. The molecule has 45 heavy (non-hydrogen) atoms. The van der Waals surface area contributed by atoms with E-state index < -0.39 is 18.1 Å². The lowest BCUT2D eigenvalue weighted by Gasteiger charge is -2.51. The Hall–Kier alpha value is -2.49. The number of nitrogens with zero attached hydrogens (tertiary/aromatic N) is 1. The molecule has 1 aliphatic heterocycles. The molecule has 1 heterocycles. The largest absolute Gasteiger partial charge is 0.497 e. The second-order valence-corrected chi connectivity index (χ2v) is 14.2. The molecule has 9 nitrogen and oxygen atoms in total. The average Bonchev–Trinajstić information content (AvgIpc) is 3.53. The van der Waals surface area contributed by atoms with Crippen LogP contribution in [-0.4, -0.2) is 74.7 Å². The molecule has 7 atom stereocenters. The number of methoxy groups -OCH3 is 2. The van der Waals surface area contributed by atoms with E-state index in [2.05, 4.69) is 40.5 Å². The Morgan fingerprint density at radius 1 is 1.02 bits per heavy atom. The van der Waals surface area contributed by atoms with Gasteiger partial charge in [0, 0.05) is 12.6 Å². The van der Waals surface area contributed by atoms with E-state index in [-0.39, 0.29) is 18.2 Å². The Morgan fingerprint density at radius 2 is 1.80 bits per heavy atom. The lowest BCUT2D eigenvalue weighted by atomic mass is 9.55. The fourth-order valence-corrected chi connectivity index (χ4v) is 9.16. The quantitative estimate of drug-likeness (QED) is 0.140. The van der Waals surface area contributed by atoms with Crippen LogP contribution in [0.15, 0.2) is 18.2 Å². The molecule has 4 N–H and O–H groups in total. The van der Waals surface area contributed by atoms with Crippen molar-refractivity contribution in [3.63, 3.8) is 0 Å². The second kappa shape index (κ2) is 15.4. The normalized spacial score (nSPS) is 29.7. The first-order valence-corrected chi connectivity index (χ1v) is 17.6. The van der Waals surface area contributed by atoms with Gasteiger partial charge in [-0.05, 0) is 124 Å². The Morgan fingerprint density at radius 3 is 2.60 bits per heavy atom. The third kappa shape index (κ3) is 7.57. The highest BCUT2D eigenvalue weighted by molar-refractivity contribution is 6.05. The summed E-state index contributed by atoms with van der Waals surface area (Å²) in [5, 5.41) is 7.19. The number of benzene rings is 1. The van der Waals surface area contributed by atoms with E-state index in [1.165, 1.54) is 56.1 Å². The zero-order chi connectivity index (χ0) is 32.0. The monoisotopic (exact) mass is 624 g/mol. The molecule has 2 unspecified atom stereocenters. The van der Waals surface area contributed by atoms with Gasteiger partial charge in [0.2, 0.25) is 11.8 Å². The summed E-state index contributed by atoms with van der Waals surface area (Å²) in [7, 11) is 3.09. The summed E-state index contributed by atoms with van der Waals surface area (Å²) in [5.41, 5.74) is 9.25. The van der Waals surface area contributed by atoms with Crippen LogP contribution in [0.4, 0.5) is 0 Å². The number of imide groups is 1. The standard InChI is InChI=1S/C36H56N4O5/c1-36-18-17-27-26-14-12-25(44-2)22-24(26)11-13-28(27)29(36)15-16-32(36)39-20-7-4-5-9-21-40-33(41)23-31(34(40)42)38-19-8-6-10-30(37)35(43)45-3/h12,14,22,27-32,38-39H,4-11,13,15-21,23,37H2,1-3H3/t27-,28-,29+,30+,31?,32?,36+/m1/s1. The molecule has 0 radical (unpaired) electrons. The Bertz CT molecular complexity index is 1190. The van der Waals surface area contributed by atoms with E-state index >= 15 is 0 Å². The Kier molecular flexibility index (Phi) is 11.6. The van der Waals surface area contributed by atoms with Crippen molar-refractivity contribution < 1.29 is 23.9 Å². The van der Waals surface area contributed by atoms with Crippen molar-refractivity contribution in [3.8, 4) is 5.75 Å². The van der Waals surface area contributed by atoms with Crippen molar-refractivity contribution in [2.24, 2.45) is 23.0 Å². The first-order chi connectivity index (χ1) is 21.8. The van der Waals surface area contributed by atoms with Gasteiger partial charge >= 0.3 is 5.97 Å². The zero-order valence-corrected chi connectivity index (χ0v) is 27.8. The predicted molar refractivity (Wildman–Crippen MR) is 175 cm³/mol. The van der Waals surface area contributed by atoms with Crippen molar-refractivity contribution in [2.75, 3.05) is 33.9 Å². The molecule has 2 saturated carbocycles. The summed E-state index contributed by atoms with van der Waals surface area (Å²) in [6.45, 7) is 4.73. The molecular formula is C36H56N4O5. The van der Waals surface area contributed by atoms with Crippen LogP contribution in [0.1, 0.15) is 107 Å². The molecule has 4 aliphatic rings. The molecule has 0 aromatic heterocycles. The number of esters is 1. The number of aryl methyl sites for hydroxylation is 1. The summed E-state index contributed by atoms with van der Waals surface area (Å²) in [6, 6.07) is 6.33. The minimum Gasteiger partial charge on any atom is -0.497 e. The number of nitrogens with one attached hydrogen (secondary N) is 2. The number of ether oxygens (including phenoxy) is 2. The van der Waals surface area contributed by atoms with E-state index in [0.29, 0.717) is 36.9 Å². The highest BCUT2D eigenvalue weighted by Crippen LogP contribution is 2.61. The third-order valence-corrected chi connectivity index (χ3v) is 11.7. The molecule has 1 saturated heterocycles. The minimum atomic E-state index is -0.610. The van der Waals surface area contributed by atoms with Crippen LogP contribution >= 0.6 is 0 Å². The van der Waals surface area contributed by atoms with Crippen LogP contribution in [0.2, 0.25) is 0 Å². The van der Waals surface area contributed by atoms with E-state index in [0.717, 1.165) is 62.7 Å². The van der Waals surface area contributed by atoms with Gasteiger partial charge in [-0.2, -0.15) is 0 Å². The third-order valence-electron chi connectivity index (χ3n) is 11.7. The van der Waals surface area contributed by atoms with Gasteiger partial charge in [-0.1, -0.05) is 32.3 Å². The van der Waals surface area contributed by atoms with Crippen LogP contribution in [0.3, 0.4) is 0 Å². The van der Waals surface area contributed by atoms with Crippen LogP contribution in [0, 0.1) is 17.3 Å². The van der Waals surface area contributed by atoms with Gasteiger partial charge in [-0.3, -0.25) is 19.3 Å². The fourth-order valence-electron chi connectivity index (χ4n) is 9.16. The topological polar surface area (TPSA) is 123 Å². The number of hydrogen-bond acceptors (Lipinski definition) is 8. The summed E-state index contributed by atoms with van der Waals surface area (Å²) in [6.07, 6.45) is 14.1. The van der Waals surface area contributed by atoms with Crippen LogP contribution in [-0.2, 0) is 25.5 Å². The molecule has 3 fully saturated rings.